The van der Waals surface area contributed by atoms with E-state index in [1.807, 2.05) is 0 Å². The second-order valence-electron chi connectivity index (χ2n) is 8.94. The lowest BCUT2D eigenvalue weighted by Crippen LogP contribution is -2.30. The molecule has 0 bridgehead atoms. The van der Waals surface area contributed by atoms with Crippen LogP contribution in [0.3, 0.4) is 0 Å². The average molecular weight is 472 g/mol. The summed E-state index contributed by atoms with van der Waals surface area (Å²) < 4.78 is 14.5. The molecule has 0 aliphatic carbocycles. The third-order valence-electron chi connectivity index (χ3n) is 5.84. The number of nitrogens with two attached hydrogens (primary N) is 1. The quantitative estimate of drug-likeness (QED) is 0.205. The highest BCUT2D eigenvalue weighted by atomic mass is 32.2. The van der Waals surface area contributed by atoms with Crippen LogP contribution in [0.5, 0.6) is 0 Å². The molecule has 0 spiro atoms. The van der Waals surface area contributed by atoms with E-state index in [2.05, 4.69) is 11.9 Å². The van der Waals surface area contributed by atoms with Crippen molar-refractivity contribution in [3.05, 3.63) is 22.5 Å². The van der Waals surface area contributed by atoms with Gasteiger partial charge in [-0.15, -0.1) is 0 Å². The van der Waals surface area contributed by atoms with Gasteiger partial charge in [0.15, 0.2) is 11.6 Å². The van der Waals surface area contributed by atoms with Gasteiger partial charge in [0.2, 0.25) is 0 Å². The number of rotatable bonds is 21. The number of halogens is 1. The van der Waals surface area contributed by atoms with Gasteiger partial charge in [-0.3, -0.25) is 4.57 Å². The van der Waals surface area contributed by atoms with E-state index in [-0.39, 0.29) is 6.54 Å². The Labute approximate surface area is 198 Å². The van der Waals surface area contributed by atoms with Crippen LogP contribution in [-0.4, -0.2) is 32.3 Å². The maximum atomic E-state index is 13.4. The van der Waals surface area contributed by atoms with E-state index in [1.165, 1.54) is 96.3 Å². The molecular weight excluding hydrogens is 425 g/mol. The second-order valence-corrected chi connectivity index (χ2v) is 10.1. The zero-order valence-corrected chi connectivity index (χ0v) is 21.0. The van der Waals surface area contributed by atoms with Crippen molar-refractivity contribution in [2.24, 2.45) is 0 Å². The summed E-state index contributed by atoms with van der Waals surface area (Å²) in [5.41, 5.74) is 4.63. The number of nitrogens with zero attached hydrogens (tertiary/aromatic N) is 2. The summed E-state index contributed by atoms with van der Waals surface area (Å²) in [4.78, 5) is 15.1. The van der Waals surface area contributed by atoms with Gasteiger partial charge in [0.1, 0.15) is 0 Å². The summed E-state index contributed by atoms with van der Waals surface area (Å²) >= 11 is 1.68. The Kier molecular flexibility index (Phi) is 17.5. The zero-order chi connectivity index (χ0) is 23.4. The second kappa shape index (κ2) is 19.4. The molecule has 0 aromatic carbocycles. The summed E-state index contributed by atoms with van der Waals surface area (Å²) in [6, 6.07) is 0. The van der Waals surface area contributed by atoms with Gasteiger partial charge in [0.25, 0.3) is 0 Å². The fourth-order valence-electron chi connectivity index (χ4n) is 3.86. The van der Waals surface area contributed by atoms with E-state index in [4.69, 9.17) is 5.73 Å². The molecule has 3 N–H and O–H groups in total. The molecule has 1 aromatic heterocycles. The van der Waals surface area contributed by atoms with Crippen LogP contribution in [0.1, 0.15) is 110 Å². The Morgan fingerprint density at radius 3 is 1.91 bits per heavy atom. The van der Waals surface area contributed by atoms with Gasteiger partial charge in [0.05, 0.1) is 12.6 Å². The summed E-state index contributed by atoms with van der Waals surface area (Å²) in [6.07, 6.45) is 22.1. The molecule has 1 atom stereocenters. The lowest BCUT2D eigenvalue weighted by molar-refractivity contribution is 0.175. The van der Waals surface area contributed by atoms with Crippen LogP contribution in [0.4, 0.5) is 10.2 Å². The Hall–Kier alpha value is -1.08. The molecule has 0 amide bonds. The predicted molar refractivity (Wildman–Crippen MR) is 136 cm³/mol. The Balaban J connectivity index is 1.85. The van der Waals surface area contributed by atoms with E-state index in [9.17, 15) is 14.3 Å². The Morgan fingerprint density at radius 1 is 0.938 bits per heavy atom. The molecular formula is C25H46FN3O2S. The number of aliphatic hydroxyl groups is 1. The normalized spacial score (nSPS) is 12.3. The highest BCUT2D eigenvalue weighted by molar-refractivity contribution is 7.99. The predicted octanol–water partition coefficient (Wildman–Crippen LogP) is 6.32. The smallest absolute Gasteiger partial charge is 0.349 e. The molecule has 0 saturated heterocycles. The maximum absolute atomic E-state index is 13.4. The van der Waals surface area contributed by atoms with Crippen LogP contribution >= 0.6 is 11.8 Å². The van der Waals surface area contributed by atoms with E-state index in [0.29, 0.717) is 5.75 Å². The van der Waals surface area contributed by atoms with Gasteiger partial charge in [-0.25, -0.2) is 9.18 Å². The van der Waals surface area contributed by atoms with Crippen molar-refractivity contribution < 1.29 is 9.50 Å². The molecule has 186 valence electrons. The summed E-state index contributed by atoms with van der Waals surface area (Å²) in [5, 5.41) is 10.1. The fraction of sp³-hybridized carbons (Fsp3) is 0.840. The van der Waals surface area contributed by atoms with Gasteiger partial charge in [0, 0.05) is 11.9 Å². The van der Waals surface area contributed by atoms with Gasteiger partial charge in [-0.1, -0.05) is 103 Å². The van der Waals surface area contributed by atoms with Gasteiger partial charge >= 0.3 is 5.69 Å². The van der Waals surface area contributed by atoms with Crippen molar-refractivity contribution in [2.75, 3.05) is 17.2 Å². The monoisotopic (exact) mass is 471 g/mol. The Bertz CT molecular complexity index is 642. The van der Waals surface area contributed by atoms with Crippen LogP contribution in [0.25, 0.3) is 0 Å². The third-order valence-corrected chi connectivity index (χ3v) is 7.03. The molecule has 1 rings (SSSR count). The largest absolute Gasteiger partial charge is 0.390 e. The molecule has 1 aromatic rings. The number of anilines is 1. The summed E-state index contributed by atoms with van der Waals surface area (Å²) in [6.45, 7) is 2.31. The molecule has 0 aliphatic rings. The van der Waals surface area contributed by atoms with Crippen molar-refractivity contribution in [3.8, 4) is 0 Å². The minimum atomic E-state index is -0.738. The maximum Gasteiger partial charge on any atom is 0.349 e. The van der Waals surface area contributed by atoms with Crippen molar-refractivity contribution in [3.63, 3.8) is 0 Å². The highest BCUT2D eigenvalue weighted by Gasteiger charge is 2.10. The highest BCUT2D eigenvalue weighted by Crippen LogP contribution is 2.15. The van der Waals surface area contributed by atoms with E-state index >= 15 is 0 Å². The molecule has 0 saturated carbocycles. The van der Waals surface area contributed by atoms with Crippen LogP contribution in [-0.2, 0) is 6.54 Å². The van der Waals surface area contributed by atoms with E-state index in [1.54, 1.807) is 11.8 Å². The molecule has 1 unspecified atom stereocenters. The fourth-order valence-corrected chi connectivity index (χ4v) is 4.81. The van der Waals surface area contributed by atoms with Crippen LogP contribution in [0.15, 0.2) is 11.0 Å². The number of hydrogen-bond acceptors (Lipinski definition) is 5. The van der Waals surface area contributed by atoms with Crippen LogP contribution < -0.4 is 11.4 Å². The topological polar surface area (TPSA) is 81.1 Å². The minimum absolute atomic E-state index is 0.0367. The number of aliphatic hydroxyl groups excluding tert-OH is 1. The zero-order valence-electron chi connectivity index (χ0n) is 20.2. The van der Waals surface area contributed by atoms with Crippen LogP contribution in [0.2, 0.25) is 0 Å². The third kappa shape index (κ3) is 14.9. The SMILES string of the molecule is CCCCCCCCCCCCCCCCCCSCC(O)Cn1cc(F)c(N)nc1=O. The molecule has 0 radical (unpaired) electrons. The number of unbranched alkanes of at least 4 members (excludes halogenated alkanes) is 15. The van der Waals surface area contributed by atoms with Crippen molar-refractivity contribution in [2.45, 2.75) is 122 Å². The summed E-state index contributed by atoms with van der Waals surface area (Å²) in [5.74, 6) is 0.381. The van der Waals surface area contributed by atoms with Crippen LogP contribution in [0, 0.1) is 5.82 Å². The van der Waals surface area contributed by atoms with Crippen molar-refractivity contribution in [1.82, 2.24) is 9.55 Å². The van der Waals surface area contributed by atoms with Crippen molar-refractivity contribution >= 4 is 17.6 Å². The number of thioether (sulfide) groups is 1. The number of nitrogen functional groups attached to an aromatic ring is 1. The number of hydrogen-bond donors (Lipinski definition) is 2. The van der Waals surface area contributed by atoms with Crippen molar-refractivity contribution in [1.29, 1.82) is 0 Å². The number of aromatic nitrogens is 2. The van der Waals surface area contributed by atoms with Gasteiger partial charge in [-0.05, 0) is 12.2 Å². The lowest BCUT2D eigenvalue weighted by atomic mass is 10.0. The molecule has 32 heavy (non-hydrogen) atoms. The first-order valence-electron chi connectivity index (χ1n) is 12.8. The first-order valence-corrected chi connectivity index (χ1v) is 14.0. The van der Waals surface area contributed by atoms with E-state index in [0.717, 1.165) is 22.9 Å². The van der Waals surface area contributed by atoms with Gasteiger partial charge < -0.3 is 10.8 Å². The molecule has 0 fully saturated rings. The average Bonchev–Trinajstić information content (AvgIpc) is 2.76. The molecule has 0 aliphatic heterocycles. The molecule has 5 nitrogen and oxygen atoms in total. The summed E-state index contributed by atoms with van der Waals surface area (Å²) in [7, 11) is 0. The molecule has 7 heteroatoms. The standard InChI is InChI=1S/C25H46FN3O2S/c1-2-3-4-5-6-7-8-9-10-11-12-13-14-15-16-17-18-32-21-22(30)19-29-20-23(26)24(27)28-25(29)31/h20,22,30H,2-19,21H2,1H3,(H2,27,28,31). The van der Waals surface area contributed by atoms with E-state index < -0.39 is 23.4 Å². The minimum Gasteiger partial charge on any atom is -0.390 e. The Morgan fingerprint density at radius 2 is 1.41 bits per heavy atom. The molecule has 1 heterocycles. The van der Waals surface area contributed by atoms with Gasteiger partial charge in [-0.2, -0.15) is 16.7 Å². The lowest BCUT2D eigenvalue weighted by Gasteiger charge is -2.12. The first kappa shape index (κ1) is 29.0. The first-order chi connectivity index (χ1) is 15.5.